The fourth-order valence-corrected chi connectivity index (χ4v) is 3.01. The van der Waals surface area contributed by atoms with E-state index in [2.05, 4.69) is 0 Å². The zero-order valence-corrected chi connectivity index (χ0v) is 10.8. The zero-order chi connectivity index (χ0) is 12.3. The number of nitrogens with two attached hydrogens (primary N) is 1. The van der Waals surface area contributed by atoms with Crippen LogP contribution >= 0.6 is 0 Å². The molecule has 0 aliphatic carbocycles. The van der Waals surface area contributed by atoms with E-state index >= 15 is 0 Å². The molecule has 2 fully saturated rings. The average Bonchev–Trinajstić information content (AvgIpc) is 2.78. The molecule has 2 unspecified atom stereocenters. The summed E-state index contributed by atoms with van der Waals surface area (Å²) in [6, 6.07) is 0.335. The number of carbonyl (C=O) groups is 1. The predicted molar refractivity (Wildman–Crippen MR) is 66.6 cm³/mol. The third kappa shape index (κ3) is 2.63. The average molecular weight is 240 g/mol. The van der Waals surface area contributed by atoms with Crippen molar-refractivity contribution in [3.8, 4) is 0 Å². The third-order valence-corrected chi connectivity index (χ3v) is 4.06. The van der Waals surface area contributed by atoms with Crippen LogP contribution in [-0.4, -0.2) is 42.1 Å². The van der Waals surface area contributed by atoms with E-state index in [1.165, 1.54) is 6.42 Å². The number of ether oxygens (including phenoxy) is 1. The van der Waals surface area contributed by atoms with Gasteiger partial charge in [0.05, 0.1) is 0 Å². The number of hydrogen-bond acceptors (Lipinski definition) is 3. The topological polar surface area (TPSA) is 55.6 Å². The van der Waals surface area contributed by atoms with Crippen LogP contribution in [0.15, 0.2) is 0 Å². The van der Waals surface area contributed by atoms with Crippen LogP contribution in [0.25, 0.3) is 0 Å². The molecule has 2 N–H and O–H groups in total. The molecule has 2 heterocycles. The third-order valence-electron chi connectivity index (χ3n) is 4.06. The van der Waals surface area contributed by atoms with Crippen molar-refractivity contribution in [1.82, 2.24) is 4.90 Å². The lowest BCUT2D eigenvalue weighted by atomic mass is 9.94. The summed E-state index contributed by atoms with van der Waals surface area (Å²) in [6.45, 7) is 4.20. The smallest absolute Gasteiger partial charge is 0.254 e. The van der Waals surface area contributed by atoms with E-state index in [0.717, 1.165) is 45.3 Å². The Morgan fingerprint density at radius 2 is 2.29 bits per heavy atom. The number of carbonyl (C=O) groups excluding carboxylic acids is 1. The first-order chi connectivity index (χ1) is 8.17. The molecule has 0 bridgehead atoms. The lowest BCUT2D eigenvalue weighted by molar-refractivity contribution is -0.155. The van der Waals surface area contributed by atoms with E-state index < -0.39 is 5.60 Å². The summed E-state index contributed by atoms with van der Waals surface area (Å²) in [5.41, 5.74) is 5.07. The molecule has 17 heavy (non-hydrogen) atoms. The summed E-state index contributed by atoms with van der Waals surface area (Å²) >= 11 is 0. The standard InChI is InChI=1S/C13H24N2O2/c1-13(7-4-10-17-13)12(16)15-9-3-2-5-11(15)6-8-14/h11H,2-10,14H2,1H3. The lowest BCUT2D eigenvalue weighted by Gasteiger charge is -2.39. The molecular weight excluding hydrogens is 216 g/mol. The maximum atomic E-state index is 12.6. The van der Waals surface area contributed by atoms with Crippen molar-refractivity contribution < 1.29 is 9.53 Å². The highest BCUT2D eigenvalue weighted by molar-refractivity contribution is 5.85. The second-order valence-electron chi connectivity index (χ2n) is 5.41. The first kappa shape index (κ1) is 12.8. The van der Waals surface area contributed by atoms with E-state index in [9.17, 15) is 4.79 Å². The van der Waals surface area contributed by atoms with Gasteiger partial charge in [0.1, 0.15) is 5.60 Å². The van der Waals surface area contributed by atoms with Gasteiger partial charge in [-0.05, 0) is 52.0 Å². The molecule has 4 nitrogen and oxygen atoms in total. The Hall–Kier alpha value is -0.610. The normalized spacial score (nSPS) is 34.0. The van der Waals surface area contributed by atoms with Crippen LogP contribution in [0.1, 0.15) is 45.4 Å². The van der Waals surface area contributed by atoms with Crippen LogP contribution < -0.4 is 5.73 Å². The highest BCUT2D eigenvalue weighted by Gasteiger charge is 2.42. The highest BCUT2D eigenvalue weighted by atomic mass is 16.5. The van der Waals surface area contributed by atoms with Crippen molar-refractivity contribution in [3.63, 3.8) is 0 Å². The minimum Gasteiger partial charge on any atom is -0.365 e. The maximum Gasteiger partial charge on any atom is 0.254 e. The number of rotatable bonds is 3. The summed E-state index contributed by atoms with van der Waals surface area (Å²) in [5, 5.41) is 0. The van der Waals surface area contributed by atoms with Gasteiger partial charge in [-0.3, -0.25) is 4.79 Å². The molecule has 4 heteroatoms. The molecule has 2 atom stereocenters. The van der Waals surface area contributed by atoms with Crippen LogP contribution in [0.4, 0.5) is 0 Å². The van der Waals surface area contributed by atoms with E-state index in [-0.39, 0.29) is 5.91 Å². The molecule has 2 aliphatic heterocycles. The van der Waals surface area contributed by atoms with Gasteiger partial charge in [0.25, 0.3) is 5.91 Å². The molecule has 0 radical (unpaired) electrons. The van der Waals surface area contributed by atoms with Crippen LogP contribution in [0.5, 0.6) is 0 Å². The van der Waals surface area contributed by atoms with Crippen molar-refractivity contribution in [3.05, 3.63) is 0 Å². The van der Waals surface area contributed by atoms with E-state index in [1.54, 1.807) is 0 Å². The Labute approximate surface area is 103 Å². The molecule has 0 aromatic rings. The van der Waals surface area contributed by atoms with Crippen LogP contribution in [-0.2, 0) is 9.53 Å². The summed E-state index contributed by atoms with van der Waals surface area (Å²) < 4.78 is 5.66. The van der Waals surface area contributed by atoms with Crippen molar-refractivity contribution in [2.75, 3.05) is 19.7 Å². The SMILES string of the molecule is CC1(C(=O)N2CCCCC2CCN)CCCO1. The number of amides is 1. The van der Waals surface area contributed by atoms with Gasteiger partial charge in [-0.25, -0.2) is 0 Å². The van der Waals surface area contributed by atoms with Gasteiger partial charge in [0.2, 0.25) is 0 Å². The first-order valence-electron chi connectivity index (χ1n) is 6.82. The molecule has 0 saturated carbocycles. The van der Waals surface area contributed by atoms with E-state index in [0.29, 0.717) is 12.6 Å². The highest BCUT2D eigenvalue weighted by Crippen LogP contribution is 2.30. The summed E-state index contributed by atoms with van der Waals surface area (Å²) in [7, 11) is 0. The summed E-state index contributed by atoms with van der Waals surface area (Å²) in [5.74, 6) is 0.188. The van der Waals surface area contributed by atoms with Crippen molar-refractivity contribution in [1.29, 1.82) is 0 Å². The number of piperidine rings is 1. The monoisotopic (exact) mass is 240 g/mol. The quantitative estimate of drug-likeness (QED) is 0.808. The zero-order valence-electron chi connectivity index (χ0n) is 10.8. The molecule has 0 aromatic carbocycles. The second kappa shape index (κ2) is 5.36. The fourth-order valence-electron chi connectivity index (χ4n) is 3.01. The Morgan fingerprint density at radius 3 is 2.94 bits per heavy atom. The van der Waals surface area contributed by atoms with Gasteiger partial charge in [-0.2, -0.15) is 0 Å². The van der Waals surface area contributed by atoms with Gasteiger partial charge in [0.15, 0.2) is 0 Å². The molecule has 1 amide bonds. The van der Waals surface area contributed by atoms with Crippen molar-refractivity contribution in [2.45, 2.75) is 57.1 Å². The van der Waals surface area contributed by atoms with Crippen LogP contribution in [0, 0.1) is 0 Å². The van der Waals surface area contributed by atoms with E-state index in [4.69, 9.17) is 10.5 Å². The predicted octanol–water partition coefficient (Wildman–Crippen LogP) is 1.29. The molecule has 2 saturated heterocycles. The van der Waals surface area contributed by atoms with Gasteiger partial charge >= 0.3 is 0 Å². The fraction of sp³-hybridized carbons (Fsp3) is 0.923. The Kier molecular flexibility index (Phi) is 4.05. The number of nitrogens with zero attached hydrogens (tertiary/aromatic N) is 1. The largest absolute Gasteiger partial charge is 0.365 e. The van der Waals surface area contributed by atoms with E-state index in [1.807, 2.05) is 11.8 Å². The maximum absolute atomic E-state index is 12.6. The second-order valence-corrected chi connectivity index (χ2v) is 5.41. The molecule has 2 rings (SSSR count). The Morgan fingerprint density at radius 1 is 1.47 bits per heavy atom. The van der Waals surface area contributed by atoms with Gasteiger partial charge in [-0.1, -0.05) is 0 Å². The van der Waals surface area contributed by atoms with Gasteiger partial charge in [0, 0.05) is 19.2 Å². The molecule has 2 aliphatic rings. The Balaban J connectivity index is 2.05. The van der Waals surface area contributed by atoms with Crippen molar-refractivity contribution >= 4 is 5.91 Å². The molecular formula is C13H24N2O2. The van der Waals surface area contributed by atoms with Gasteiger partial charge in [-0.15, -0.1) is 0 Å². The van der Waals surface area contributed by atoms with Crippen LogP contribution in [0.2, 0.25) is 0 Å². The number of likely N-dealkylation sites (tertiary alicyclic amines) is 1. The molecule has 98 valence electrons. The summed E-state index contributed by atoms with van der Waals surface area (Å²) in [4.78, 5) is 14.6. The lowest BCUT2D eigenvalue weighted by Crippen LogP contribution is -2.53. The van der Waals surface area contributed by atoms with Crippen LogP contribution in [0.3, 0.4) is 0 Å². The number of hydrogen-bond donors (Lipinski definition) is 1. The first-order valence-corrected chi connectivity index (χ1v) is 6.82. The minimum absolute atomic E-state index is 0.188. The molecule has 0 spiro atoms. The van der Waals surface area contributed by atoms with Crippen molar-refractivity contribution in [2.24, 2.45) is 5.73 Å². The summed E-state index contributed by atoms with van der Waals surface area (Å²) in [6.07, 6.45) is 6.20. The van der Waals surface area contributed by atoms with Gasteiger partial charge < -0.3 is 15.4 Å². The minimum atomic E-state index is -0.565. The Bertz CT molecular complexity index is 273. The molecule has 0 aromatic heterocycles.